The summed E-state index contributed by atoms with van der Waals surface area (Å²) in [5, 5.41) is 8.48. The molecule has 0 aliphatic carbocycles. The lowest BCUT2D eigenvalue weighted by Gasteiger charge is -2.14. The SMILES string of the molecule is c1ccc2c(c1)c1ccccc1c1ccccc1n(-c1cccc3c1sc1cncnc13)c1ccccc21. The molecule has 0 amide bonds. The summed E-state index contributed by atoms with van der Waals surface area (Å²) in [5.74, 6) is 0. The molecule has 8 rings (SSSR count). The fourth-order valence-corrected chi connectivity index (χ4v) is 6.92. The lowest BCUT2D eigenvalue weighted by Crippen LogP contribution is -1.98. The van der Waals surface area contributed by atoms with Gasteiger partial charge in [0.1, 0.15) is 6.33 Å². The maximum absolute atomic E-state index is 4.63. The lowest BCUT2D eigenvalue weighted by atomic mass is 10.0. The van der Waals surface area contributed by atoms with Gasteiger partial charge in [-0.2, -0.15) is 0 Å². The van der Waals surface area contributed by atoms with Crippen LogP contribution in [0.15, 0.2) is 128 Å². The Morgan fingerprint density at radius 3 is 1.61 bits per heavy atom. The number of thiophene rings is 1. The maximum atomic E-state index is 4.63. The molecule has 178 valence electrons. The van der Waals surface area contributed by atoms with Crippen LogP contribution in [-0.4, -0.2) is 14.5 Å². The van der Waals surface area contributed by atoms with Crippen molar-refractivity contribution in [3.05, 3.63) is 128 Å². The van der Waals surface area contributed by atoms with Crippen LogP contribution in [0.1, 0.15) is 0 Å². The fraction of sp³-hybridized carbons (Fsp3) is 0. The Hall–Kier alpha value is -4.80. The van der Waals surface area contributed by atoms with Crippen molar-refractivity contribution >= 4 is 75.0 Å². The molecule has 0 saturated heterocycles. The quantitative estimate of drug-likeness (QED) is 0.223. The highest BCUT2D eigenvalue weighted by molar-refractivity contribution is 7.26. The Kier molecular flexibility index (Phi) is 4.69. The number of hydrogen-bond acceptors (Lipinski definition) is 3. The zero-order valence-corrected chi connectivity index (χ0v) is 21.2. The van der Waals surface area contributed by atoms with Crippen LogP contribution in [0.5, 0.6) is 0 Å². The third-order valence-electron chi connectivity index (χ3n) is 7.40. The normalized spacial score (nSPS) is 11.7. The third kappa shape index (κ3) is 3.07. The monoisotopic (exact) mass is 503 g/mol. The molecule has 38 heavy (non-hydrogen) atoms. The van der Waals surface area contributed by atoms with E-state index in [-0.39, 0.29) is 0 Å². The molecule has 3 nitrogen and oxygen atoms in total. The van der Waals surface area contributed by atoms with E-state index in [1.54, 1.807) is 17.7 Å². The summed E-state index contributed by atoms with van der Waals surface area (Å²) in [6.07, 6.45) is 3.56. The van der Waals surface area contributed by atoms with Crippen LogP contribution in [0.3, 0.4) is 0 Å². The van der Waals surface area contributed by atoms with E-state index in [1.165, 1.54) is 37.0 Å². The summed E-state index contributed by atoms with van der Waals surface area (Å²) in [5.41, 5.74) is 4.44. The molecule has 0 saturated carbocycles. The minimum atomic E-state index is 1.00. The smallest absolute Gasteiger partial charge is 0.116 e. The molecule has 0 atom stereocenters. The lowest BCUT2D eigenvalue weighted by molar-refractivity contribution is 1.19. The van der Waals surface area contributed by atoms with E-state index in [9.17, 15) is 0 Å². The van der Waals surface area contributed by atoms with E-state index >= 15 is 0 Å². The van der Waals surface area contributed by atoms with Crippen LogP contribution in [0.4, 0.5) is 0 Å². The van der Waals surface area contributed by atoms with Gasteiger partial charge in [0, 0.05) is 22.4 Å². The van der Waals surface area contributed by atoms with E-state index in [0.717, 1.165) is 32.3 Å². The van der Waals surface area contributed by atoms with Crippen LogP contribution in [-0.2, 0) is 0 Å². The maximum Gasteiger partial charge on any atom is 0.116 e. The predicted molar refractivity (Wildman–Crippen MR) is 162 cm³/mol. The second-order valence-electron chi connectivity index (χ2n) is 9.45. The average molecular weight is 504 g/mol. The van der Waals surface area contributed by atoms with Crippen molar-refractivity contribution in [3.8, 4) is 5.69 Å². The Labute approximate surface area is 222 Å². The number of hydrogen-bond donors (Lipinski definition) is 0. The molecular formula is C34H21N3S. The zero-order chi connectivity index (χ0) is 25.1. The molecule has 3 heterocycles. The summed E-state index contributed by atoms with van der Waals surface area (Å²) >= 11 is 1.75. The average Bonchev–Trinajstić information content (AvgIpc) is 3.38. The van der Waals surface area contributed by atoms with Crippen LogP contribution in [0.2, 0.25) is 0 Å². The van der Waals surface area contributed by atoms with E-state index in [0.29, 0.717) is 0 Å². The molecular weight excluding hydrogens is 482 g/mol. The van der Waals surface area contributed by atoms with Crippen LogP contribution in [0.25, 0.3) is 69.3 Å². The second kappa shape index (κ2) is 8.37. The molecule has 4 heteroatoms. The summed E-state index contributed by atoms with van der Waals surface area (Å²) < 4.78 is 4.74. The van der Waals surface area contributed by atoms with Crippen molar-refractivity contribution in [2.24, 2.45) is 0 Å². The Morgan fingerprint density at radius 1 is 0.500 bits per heavy atom. The van der Waals surface area contributed by atoms with Crippen LogP contribution in [0, 0.1) is 0 Å². The zero-order valence-electron chi connectivity index (χ0n) is 20.4. The van der Waals surface area contributed by atoms with Crippen molar-refractivity contribution in [2.75, 3.05) is 0 Å². The van der Waals surface area contributed by atoms with Crippen molar-refractivity contribution in [1.82, 2.24) is 14.5 Å². The van der Waals surface area contributed by atoms with E-state index in [1.807, 2.05) is 6.20 Å². The number of aromatic nitrogens is 3. The van der Waals surface area contributed by atoms with E-state index in [2.05, 4.69) is 130 Å². The van der Waals surface area contributed by atoms with Crippen molar-refractivity contribution in [3.63, 3.8) is 0 Å². The molecule has 0 radical (unpaired) electrons. The second-order valence-corrected chi connectivity index (χ2v) is 10.5. The summed E-state index contributed by atoms with van der Waals surface area (Å²) in [4.78, 5) is 8.93. The molecule has 8 aromatic rings. The topological polar surface area (TPSA) is 30.7 Å². The van der Waals surface area contributed by atoms with E-state index < -0.39 is 0 Å². The highest BCUT2D eigenvalue weighted by Gasteiger charge is 2.15. The van der Waals surface area contributed by atoms with Crippen molar-refractivity contribution in [2.45, 2.75) is 0 Å². The first-order valence-electron chi connectivity index (χ1n) is 12.7. The standard InChI is InChI=1S/C34H21N3S/c1-3-12-24-22(10-1)23-11-2-4-13-25(23)27-15-6-8-18-30(27)37(29-17-7-5-14-26(24)29)31-19-9-16-28-33-32(38-34(28)31)20-35-21-36-33/h1-21H. The highest BCUT2D eigenvalue weighted by Crippen LogP contribution is 2.39. The molecule has 0 N–H and O–H groups in total. The van der Waals surface area contributed by atoms with Gasteiger partial charge < -0.3 is 4.57 Å². The fourth-order valence-electron chi connectivity index (χ4n) is 5.79. The van der Waals surface area contributed by atoms with Gasteiger partial charge in [0.15, 0.2) is 0 Å². The van der Waals surface area contributed by atoms with Gasteiger partial charge >= 0.3 is 0 Å². The first-order valence-corrected chi connectivity index (χ1v) is 13.5. The van der Waals surface area contributed by atoms with Gasteiger partial charge in [0.05, 0.1) is 31.6 Å². The highest BCUT2D eigenvalue weighted by atomic mass is 32.1. The number of nitrogens with zero attached hydrogens (tertiary/aromatic N) is 3. The number of fused-ring (bicyclic) bond motifs is 10. The first kappa shape index (κ1) is 21.3. The van der Waals surface area contributed by atoms with Gasteiger partial charge in [-0.3, -0.25) is 0 Å². The predicted octanol–water partition coefficient (Wildman–Crippen LogP) is 9.37. The van der Waals surface area contributed by atoms with Crippen LogP contribution < -0.4 is 0 Å². The Balaban J connectivity index is 1.74. The molecule has 0 spiro atoms. The molecule has 5 aromatic carbocycles. The van der Waals surface area contributed by atoms with Gasteiger partial charge in [-0.1, -0.05) is 97.1 Å². The largest absolute Gasteiger partial charge is 0.308 e. The van der Waals surface area contributed by atoms with E-state index in [4.69, 9.17) is 0 Å². The van der Waals surface area contributed by atoms with Gasteiger partial charge in [0.25, 0.3) is 0 Å². The van der Waals surface area contributed by atoms with Gasteiger partial charge in [0.2, 0.25) is 0 Å². The Morgan fingerprint density at radius 2 is 1.00 bits per heavy atom. The van der Waals surface area contributed by atoms with Gasteiger partial charge in [-0.15, -0.1) is 11.3 Å². The number of rotatable bonds is 1. The molecule has 0 unspecified atom stereocenters. The van der Waals surface area contributed by atoms with Crippen molar-refractivity contribution in [1.29, 1.82) is 0 Å². The molecule has 0 aliphatic rings. The molecule has 0 bridgehead atoms. The van der Waals surface area contributed by atoms with Gasteiger partial charge in [-0.25, -0.2) is 9.97 Å². The number of para-hydroxylation sites is 2. The number of benzene rings is 5. The first-order chi connectivity index (χ1) is 18.9. The third-order valence-corrected chi connectivity index (χ3v) is 8.55. The Bertz CT molecular complexity index is 2150. The minimum Gasteiger partial charge on any atom is -0.308 e. The summed E-state index contributed by atoms with van der Waals surface area (Å²) in [7, 11) is 0. The molecule has 0 fully saturated rings. The summed E-state index contributed by atoms with van der Waals surface area (Å²) in [6.45, 7) is 0. The summed E-state index contributed by atoms with van der Waals surface area (Å²) in [6, 6.07) is 41.6. The minimum absolute atomic E-state index is 1.00. The molecule has 0 aliphatic heterocycles. The van der Waals surface area contributed by atoms with Crippen LogP contribution >= 0.6 is 11.3 Å². The molecule has 3 aromatic heterocycles. The van der Waals surface area contributed by atoms with Crippen molar-refractivity contribution < 1.29 is 0 Å². The van der Waals surface area contributed by atoms with Gasteiger partial charge in [-0.05, 0) is 39.7 Å².